The molecule has 1 aromatic heterocycles. The molecular weight excluding hydrogens is 377 g/mol. The smallest absolute Gasteiger partial charge is 0.148 e. The van der Waals surface area contributed by atoms with Gasteiger partial charge in [0.15, 0.2) is 0 Å². The van der Waals surface area contributed by atoms with Crippen LogP contribution in [0.2, 0.25) is 5.02 Å². The topological polar surface area (TPSA) is 30.3 Å². The molecule has 146 valence electrons. The van der Waals surface area contributed by atoms with Gasteiger partial charge in [0.2, 0.25) is 0 Å². The van der Waals surface area contributed by atoms with E-state index in [2.05, 4.69) is 11.1 Å². The third-order valence-corrected chi connectivity index (χ3v) is 5.35. The van der Waals surface area contributed by atoms with E-state index in [1.807, 2.05) is 28.8 Å². The van der Waals surface area contributed by atoms with Gasteiger partial charge in [-0.2, -0.15) is 0 Å². The zero-order valence-electron chi connectivity index (χ0n) is 15.9. The van der Waals surface area contributed by atoms with Crippen molar-refractivity contribution in [3.63, 3.8) is 0 Å². The van der Waals surface area contributed by atoms with Crippen LogP contribution in [-0.2, 0) is 6.54 Å². The number of ether oxygens (including phenoxy) is 1. The van der Waals surface area contributed by atoms with E-state index < -0.39 is 0 Å². The van der Waals surface area contributed by atoms with Crippen molar-refractivity contribution in [1.29, 1.82) is 0 Å². The van der Waals surface area contributed by atoms with Crippen LogP contribution in [0.15, 0.2) is 48.7 Å². The third-order valence-electron chi connectivity index (χ3n) is 5.10. The van der Waals surface area contributed by atoms with Gasteiger partial charge < -0.3 is 4.74 Å². The Kier molecular flexibility index (Phi) is 5.64. The summed E-state index contributed by atoms with van der Waals surface area (Å²) in [5.74, 6) is 0.857. The molecule has 0 saturated carbocycles. The molecule has 3 aromatic rings. The van der Waals surface area contributed by atoms with Crippen molar-refractivity contribution in [2.75, 3.05) is 20.2 Å². The number of imidazole rings is 1. The van der Waals surface area contributed by atoms with E-state index in [9.17, 15) is 4.39 Å². The largest absolute Gasteiger partial charge is 0.496 e. The summed E-state index contributed by atoms with van der Waals surface area (Å²) in [4.78, 5) is 7.33. The molecule has 0 radical (unpaired) electrons. The second-order valence-electron chi connectivity index (χ2n) is 7.08. The van der Waals surface area contributed by atoms with E-state index in [1.54, 1.807) is 13.2 Å². The van der Waals surface area contributed by atoms with Gasteiger partial charge in [0.05, 0.1) is 18.4 Å². The molecule has 0 atom stereocenters. The minimum Gasteiger partial charge on any atom is -0.496 e. The molecule has 2 aromatic carbocycles. The molecule has 0 amide bonds. The fourth-order valence-electron chi connectivity index (χ4n) is 3.69. The predicted molar refractivity (Wildman–Crippen MR) is 110 cm³/mol. The molecule has 6 heteroatoms. The normalized spacial score (nSPS) is 15.0. The summed E-state index contributed by atoms with van der Waals surface area (Å²) in [5.41, 5.74) is 2.69. The lowest BCUT2D eigenvalue weighted by Crippen LogP contribution is -2.29. The molecule has 0 bridgehead atoms. The first kappa shape index (κ1) is 19.0. The molecule has 0 unspecified atom stereocenters. The molecular formula is C22H23ClFN3O. The highest BCUT2D eigenvalue weighted by molar-refractivity contribution is 6.30. The highest BCUT2D eigenvalue weighted by Gasteiger charge is 2.19. The van der Waals surface area contributed by atoms with Crippen LogP contribution in [0.3, 0.4) is 0 Å². The van der Waals surface area contributed by atoms with E-state index in [0.29, 0.717) is 10.8 Å². The van der Waals surface area contributed by atoms with Crippen molar-refractivity contribution in [2.24, 2.45) is 0 Å². The fourth-order valence-corrected chi connectivity index (χ4v) is 3.82. The molecule has 1 saturated heterocycles. The van der Waals surface area contributed by atoms with Gasteiger partial charge in [0.1, 0.15) is 17.4 Å². The zero-order valence-corrected chi connectivity index (χ0v) is 16.6. The predicted octanol–water partition coefficient (Wildman–Crippen LogP) is 5.33. The summed E-state index contributed by atoms with van der Waals surface area (Å²) in [6.45, 7) is 3.00. The standard InChI is InChI=1S/C22H23ClFN3O/c1-28-21-13-17(24)7-10-20(21)22-25-18(14-26-11-3-2-4-12-26)15-27(22)19-8-5-16(23)6-9-19/h5-10,13,15H,2-4,11-12,14H2,1H3. The van der Waals surface area contributed by atoms with Crippen molar-refractivity contribution in [1.82, 2.24) is 14.5 Å². The number of aromatic nitrogens is 2. The first-order valence-corrected chi connectivity index (χ1v) is 9.92. The van der Waals surface area contributed by atoms with E-state index >= 15 is 0 Å². The molecule has 1 aliphatic rings. The SMILES string of the molecule is COc1cc(F)ccc1-c1nc(CN2CCCCC2)cn1-c1ccc(Cl)cc1. The number of benzene rings is 2. The van der Waals surface area contributed by atoms with Crippen LogP contribution in [-0.4, -0.2) is 34.7 Å². The summed E-state index contributed by atoms with van der Waals surface area (Å²) in [5, 5.41) is 0.679. The van der Waals surface area contributed by atoms with Gasteiger partial charge >= 0.3 is 0 Å². The van der Waals surface area contributed by atoms with Gasteiger partial charge in [-0.15, -0.1) is 0 Å². The van der Waals surface area contributed by atoms with Gasteiger partial charge in [0.25, 0.3) is 0 Å². The number of hydrogen-bond donors (Lipinski definition) is 0. The maximum atomic E-state index is 13.7. The summed E-state index contributed by atoms with van der Waals surface area (Å²) in [6, 6.07) is 12.2. The molecule has 4 rings (SSSR count). The van der Waals surface area contributed by atoms with Crippen LogP contribution < -0.4 is 4.74 Å². The van der Waals surface area contributed by atoms with Crippen LogP contribution in [0, 0.1) is 5.82 Å². The Hall–Kier alpha value is -2.37. The van der Waals surface area contributed by atoms with Crippen LogP contribution >= 0.6 is 11.6 Å². The number of methoxy groups -OCH3 is 1. The Morgan fingerprint density at radius 1 is 1.07 bits per heavy atom. The van der Waals surface area contributed by atoms with E-state index in [-0.39, 0.29) is 5.82 Å². The lowest BCUT2D eigenvalue weighted by molar-refractivity contribution is 0.219. The Balaban J connectivity index is 1.77. The fraction of sp³-hybridized carbons (Fsp3) is 0.318. The van der Waals surface area contributed by atoms with Crippen molar-refractivity contribution >= 4 is 11.6 Å². The Morgan fingerprint density at radius 2 is 1.82 bits per heavy atom. The molecule has 2 heterocycles. The quantitative estimate of drug-likeness (QED) is 0.581. The Bertz CT molecular complexity index is 949. The van der Waals surface area contributed by atoms with Crippen LogP contribution in [0.1, 0.15) is 25.0 Å². The summed E-state index contributed by atoms with van der Waals surface area (Å²) in [6.07, 6.45) is 5.82. The first-order valence-electron chi connectivity index (χ1n) is 9.54. The molecule has 0 aliphatic carbocycles. The molecule has 0 N–H and O–H groups in total. The monoisotopic (exact) mass is 399 g/mol. The second kappa shape index (κ2) is 8.33. The Morgan fingerprint density at radius 3 is 2.54 bits per heavy atom. The number of nitrogens with zero attached hydrogens (tertiary/aromatic N) is 3. The third kappa shape index (κ3) is 4.05. The number of halogens is 2. The molecule has 1 fully saturated rings. The highest BCUT2D eigenvalue weighted by Crippen LogP contribution is 2.32. The lowest BCUT2D eigenvalue weighted by Gasteiger charge is -2.25. The van der Waals surface area contributed by atoms with Gasteiger partial charge in [-0.25, -0.2) is 9.37 Å². The highest BCUT2D eigenvalue weighted by atomic mass is 35.5. The maximum absolute atomic E-state index is 13.7. The van der Waals surface area contributed by atoms with Crippen LogP contribution in [0.5, 0.6) is 5.75 Å². The summed E-state index contributed by atoms with van der Waals surface area (Å²) < 4.78 is 21.1. The van der Waals surface area contributed by atoms with E-state index in [0.717, 1.165) is 42.4 Å². The minimum absolute atomic E-state index is 0.335. The number of rotatable bonds is 5. The zero-order chi connectivity index (χ0) is 19.5. The summed E-state index contributed by atoms with van der Waals surface area (Å²) >= 11 is 6.06. The minimum atomic E-state index is -0.335. The summed E-state index contributed by atoms with van der Waals surface area (Å²) in [7, 11) is 1.54. The van der Waals surface area contributed by atoms with Crippen molar-refractivity contribution in [3.05, 3.63) is 65.2 Å². The second-order valence-corrected chi connectivity index (χ2v) is 7.52. The molecule has 1 aliphatic heterocycles. The average Bonchev–Trinajstić information content (AvgIpc) is 3.12. The number of piperidine rings is 1. The number of likely N-dealkylation sites (tertiary alicyclic amines) is 1. The van der Waals surface area contributed by atoms with Crippen LogP contribution in [0.25, 0.3) is 17.1 Å². The van der Waals surface area contributed by atoms with Crippen molar-refractivity contribution in [2.45, 2.75) is 25.8 Å². The van der Waals surface area contributed by atoms with E-state index in [4.69, 9.17) is 21.3 Å². The number of hydrogen-bond acceptors (Lipinski definition) is 3. The Labute approximate surface area is 169 Å². The lowest BCUT2D eigenvalue weighted by atomic mass is 10.1. The maximum Gasteiger partial charge on any atom is 0.148 e. The molecule has 28 heavy (non-hydrogen) atoms. The average molecular weight is 400 g/mol. The first-order chi connectivity index (χ1) is 13.6. The molecule has 0 spiro atoms. The van der Waals surface area contributed by atoms with Gasteiger partial charge in [-0.3, -0.25) is 9.47 Å². The van der Waals surface area contributed by atoms with Gasteiger partial charge in [-0.05, 0) is 62.3 Å². The van der Waals surface area contributed by atoms with Crippen molar-refractivity contribution in [3.8, 4) is 22.8 Å². The molecule has 4 nitrogen and oxygen atoms in total. The van der Waals surface area contributed by atoms with Gasteiger partial charge in [-0.1, -0.05) is 18.0 Å². The van der Waals surface area contributed by atoms with Gasteiger partial charge in [0, 0.05) is 29.5 Å². The van der Waals surface area contributed by atoms with E-state index in [1.165, 1.54) is 31.4 Å². The van der Waals surface area contributed by atoms with Crippen molar-refractivity contribution < 1.29 is 9.13 Å². The van der Waals surface area contributed by atoms with Crippen LogP contribution in [0.4, 0.5) is 4.39 Å².